The first kappa shape index (κ1) is 18.9. The van der Waals surface area contributed by atoms with Crippen molar-refractivity contribution in [1.29, 1.82) is 0 Å². The van der Waals surface area contributed by atoms with Gasteiger partial charge in [-0.3, -0.25) is 9.59 Å². The third kappa shape index (κ3) is 5.79. The molecule has 0 unspecified atom stereocenters. The van der Waals surface area contributed by atoms with E-state index in [0.29, 0.717) is 24.9 Å². The molecule has 0 aliphatic heterocycles. The Morgan fingerprint density at radius 2 is 1.70 bits per heavy atom. The molecule has 0 radical (unpaired) electrons. The van der Waals surface area contributed by atoms with Gasteiger partial charge in [0.2, 0.25) is 5.91 Å². The van der Waals surface area contributed by atoms with Crippen LogP contribution in [0.4, 0.5) is 5.69 Å². The number of hydrogen-bond acceptors (Lipinski definition) is 3. The molecule has 0 aliphatic rings. The van der Waals surface area contributed by atoms with E-state index in [1.54, 1.807) is 6.07 Å². The molecule has 0 saturated heterocycles. The monoisotopic (exact) mass is 378 g/mol. The number of rotatable bonds is 8. The van der Waals surface area contributed by atoms with Crippen LogP contribution in [-0.2, 0) is 11.2 Å². The van der Waals surface area contributed by atoms with Gasteiger partial charge in [-0.05, 0) is 41.5 Å². The van der Waals surface area contributed by atoms with Crippen molar-refractivity contribution >= 4 is 28.8 Å². The Morgan fingerprint density at radius 3 is 2.48 bits per heavy atom. The minimum absolute atomic E-state index is 0.0414. The van der Waals surface area contributed by atoms with Crippen LogP contribution < -0.4 is 10.6 Å². The number of carbonyl (C=O) groups is 2. The lowest BCUT2D eigenvalue weighted by atomic mass is 10.0. The Labute approximate surface area is 163 Å². The van der Waals surface area contributed by atoms with Crippen molar-refractivity contribution in [3.05, 3.63) is 88.1 Å². The van der Waals surface area contributed by atoms with Gasteiger partial charge >= 0.3 is 0 Å². The summed E-state index contributed by atoms with van der Waals surface area (Å²) in [5, 5.41) is 9.51. The minimum Gasteiger partial charge on any atom is -0.352 e. The molecule has 2 N–H and O–H groups in total. The van der Waals surface area contributed by atoms with Gasteiger partial charge in [0.15, 0.2) is 0 Å². The summed E-state index contributed by atoms with van der Waals surface area (Å²) < 4.78 is 0. The summed E-state index contributed by atoms with van der Waals surface area (Å²) >= 11 is 1.49. The van der Waals surface area contributed by atoms with Crippen molar-refractivity contribution in [2.45, 2.75) is 19.3 Å². The highest BCUT2D eigenvalue weighted by atomic mass is 32.1. The second kappa shape index (κ2) is 9.69. The molecule has 27 heavy (non-hydrogen) atoms. The number of thiophene rings is 1. The van der Waals surface area contributed by atoms with E-state index in [4.69, 9.17) is 0 Å². The van der Waals surface area contributed by atoms with Crippen LogP contribution in [0.15, 0.2) is 71.4 Å². The smallest absolute Gasteiger partial charge is 0.252 e. The molecule has 0 bridgehead atoms. The molecule has 2 aromatic carbocycles. The summed E-state index contributed by atoms with van der Waals surface area (Å²) in [7, 11) is 0. The van der Waals surface area contributed by atoms with E-state index in [0.717, 1.165) is 17.7 Å². The average Bonchev–Trinajstić information content (AvgIpc) is 3.22. The maximum atomic E-state index is 12.3. The first-order chi connectivity index (χ1) is 13.2. The molecule has 3 aromatic rings. The SMILES string of the molecule is O=C(CCCNC(=O)c1ccsc1)Nc1ccccc1Cc1ccccc1. The highest BCUT2D eigenvalue weighted by Crippen LogP contribution is 2.19. The lowest BCUT2D eigenvalue weighted by molar-refractivity contribution is -0.116. The molecule has 1 heterocycles. The Morgan fingerprint density at radius 1 is 0.926 bits per heavy atom. The fourth-order valence-corrected chi connectivity index (χ4v) is 3.41. The zero-order chi connectivity index (χ0) is 18.9. The summed E-state index contributed by atoms with van der Waals surface area (Å²) in [4.78, 5) is 24.1. The fourth-order valence-electron chi connectivity index (χ4n) is 2.77. The predicted molar refractivity (Wildman–Crippen MR) is 110 cm³/mol. The second-order valence-corrected chi connectivity index (χ2v) is 7.02. The van der Waals surface area contributed by atoms with Gasteiger partial charge < -0.3 is 10.6 Å². The predicted octanol–water partition coefficient (Wildman–Crippen LogP) is 4.49. The van der Waals surface area contributed by atoms with Crippen molar-refractivity contribution < 1.29 is 9.59 Å². The van der Waals surface area contributed by atoms with Crippen LogP contribution in [0.25, 0.3) is 0 Å². The fraction of sp³-hybridized carbons (Fsp3) is 0.182. The van der Waals surface area contributed by atoms with Crippen molar-refractivity contribution in [3.8, 4) is 0 Å². The van der Waals surface area contributed by atoms with Gasteiger partial charge in [0.1, 0.15) is 0 Å². The van der Waals surface area contributed by atoms with Gasteiger partial charge in [0.25, 0.3) is 5.91 Å². The van der Waals surface area contributed by atoms with E-state index in [9.17, 15) is 9.59 Å². The van der Waals surface area contributed by atoms with Crippen LogP contribution in [0.3, 0.4) is 0 Å². The molecule has 0 aliphatic carbocycles. The molecule has 138 valence electrons. The third-order valence-electron chi connectivity index (χ3n) is 4.18. The minimum atomic E-state index is -0.0927. The van der Waals surface area contributed by atoms with Gasteiger partial charge in [-0.1, -0.05) is 48.5 Å². The number of para-hydroxylation sites is 1. The first-order valence-electron chi connectivity index (χ1n) is 8.94. The highest BCUT2D eigenvalue weighted by Gasteiger charge is 2.08. The summed E-state index contributed by atoms with van der Waals surface area (Å²) in [5.74, 6) is -0.134. The van der Waals surface area contributed by atoms with Crippen molar-refractivity contribution in [2.75, 3.05) is 11.9 Å². The highest BCUT2D eigenvalue weighted by molar-refractivity contribution is 7.08. The van der Waals surface area contributed by atoms with Crippen LogP contribution in [0.1, 0.15) is 34.3 Å². The molecule has 3 rings (SSSR count). The molecule has 0 atom stereocenters. The Kier molecular flexibility index (Phi) is 6.77. The number of anilines is 1. The molecule has 1 aromatic heterocycles. The summed E-state index contributed by atoms with van der Waals surface area (Å²) in [6.45, 7) is 0.480. The molecule has 0 spiro atoms. The number of benzene rings is 2. The van der Waals surface area contributed by atoms with E-state index in [1.807, 2.05) is 53.2 Å². The zero-order valence-electron chi connectivity index (χ0n) is 15.0. The molecule has 0 saturated carbocycles. The van der Waals surface area contributed by atoms with Gasteiger partial charge in [-0.25, -0.2) is 0 Å². The molecule has 0 fully saturated rings. The van der Waals surface area contributed by atoms with Crippen LogP contribution in [0.2, 0.25) is 0 Å². The molecule has 2 amide bonds. The standard InChI is InChI=1S/C22H22N2O2S/c25-21(11-6-13-23-22(26)19-12-14-27-16-19)24-20-10-5-4-9-18(20)15-17-7-2-1-3-8-17/h1-5,7-10,12,14,16H,6,11,13,15H2,(H,23,26)(H,24,25). The molecular formula is C22H22N2O2S. The van der Waals surface area contributed by atoms with Crippen LogP contribution in [0, 0.1) is 0 Å². The first-order valence-corrected chi connectivity index (χ1v) is 9.89. The van der Waals surface area contributed by atoms with E-state index in [2.05, 4.69) is 22.8 Å². The summed E-state index contributed by atoms with van der Waals surface area (Å²) in [6, 6.07) is 19.8. The maximum Gasteiger partial charge on any atom is 0.252 e. The normalized spacial score (nSPS) is 10.4. The molecule has 4 nitrogen and oxygen atoms in total. The second-order valence-electron chi connectivity index (χ2n) is 6.24. The number of nitrogens with one attached hydrogen (secondary N) is 2. The topological polar surface area (TPSA) is 58.2 Å². The van der Waals surface area contributed by atoms with Crippen molar-refractivity contribution in [1.82, 2.24) is 5.32 Å². The molecular weight excluding hydrogens is 356 g/mol. The van der Waals surface area contributed by atoms with Crippen molar-refractivity contribution in [3.63, 3.8) is 0 Å². The third-order valence-corrected chi connectivity index (χ3v) is 4.86. The van der Waals surface area contributed by atoms with Crippen molar-refractivity contribution in [2.24, 2.45) is 0 Å². The summed E-state index contributed by atoms with van der Waals surface area (Å²) in [5.41, 5.74) is 3.80. The molecule has 5 heteroatoms. The Balaban J connectivity index is 1.47. The van der Waals surface area contributed by atoms with Crippen LogP contribution in [-0.4, -0.2) is 18.4 Å². The zero-order valence-corrected chi connectivity index (χ0v) is 15.8. The largest absolute Gasteiger partial charge is 0.352 e. The van der Waals surface area contributed by atoms with E-state index < -0.39 is 0 Å². The van der Waals surface area contributed by atoms with E-state index >= 15 is 0 Å². The summed E-state index contributed by atoms with van der Waals surface area (Å²) in [6.07, 6.45) is 1.74. The number of amides is 2. The number of carbonyl (C=O) groups excluding carboxylic acids is 2. The lowest BCUT2D eigenvalue weighted by Crippen LogP contribution is -2.25. The van der Waals surface area contributed by atoms with Gasteiger partial charge in [-0.15, -0.1) is 0 Å². The quantitative estimate of drug-likeness (QED) is 0.568. The lowest BCUT2D eigenvalue weighted by Gasteiger charge is -2.11. The van der Waals surface area contributed by atoms with E-state index in [-0.39, 0.29) is 11.8 Å². The number of hydrogen-bond donors (Lipinski definition) is 2. The average molecular weight is 378 g/mol. The van der Waals surface area contributed by atoms with Gasteiger partial charge in [0, 0.05) is 29.6 Å². The van der Waals surface area contributed by atoms with Gasteiger partial charge in [0.05, 0.1) is 0 Å². The van der Waals surface area contributed by atoms with E-state index in [1.165, 1.54) is 16.9 Å². The van der Waals surface area contributed by atoms with Crippen LogP contribution in [0.5, 0.6) is 0 Å². The Bertz CT molecular complexity index is 876. The Hall–Kier alpha value is -2.92. The maximum absolute atomic E-state index is 12.3. The van der Waals surface area contributed by atoms with Crippen LogP contribution >= 0.6 is 11.3 Å². The van der Waals surface area contributed by atoms with Gasteiger partial charge in [-0.2, -0.15) is 11.3 Å².